The summed E-state index contributed by atoms with van der Waals surface area (Å²) in [7, 11) is 0. The van der Waals surface area contributed by atoms with Gasteiger partial charge in [0.25, 0.3) is 0 Å². The molecule has 0 N–H and O–H groups in total. The fourth-order valence-corrected chi connectivity index (χ4v) is 3.06. The van der Waals surface area contributed by atoms with E-state index >= 15 is 0 Å². The summed E-state index contributed by atoms with van der Waals surface area (Å²) in [5.41, 5.74) is 2.10. The molecule has 1 aliphatic rings. The van der Waals surface area contributed by atoms with Crippen LogP contribution in [0.1, 0.15) is 50.6 Å². The molecule has 0 bridgehead atoms. The molecule has 2 heterocycles. The number of hydrogen-bond donors (Lipinski definition) is 0. The van der Waals surface area contributed by atoms with Crippen molar-refractivity contribution in [3.8, 4) is 11.4 Å². The summed E-state index contributed by atoms with van der Waals surface area (Å²) < 4.78 is 5.47. The number of carbonyl (C=O) groups is 1. The van der Waals surface area contributed by atoms with Crippen LogP contribution in [0.5, 0.6) is 0 Å². The van der Waals surface area contributed by atoms with Crippen LogP contribution in [0.2, 0.25) is 0 Å². The Bertz CT molecular complexity index is 693. The molecule has 23 heavy (non-hydrogen) atoms. The topological polar surface area (TPSA) is 59.2 Å². The van der Waals surface area contributed by atoms with Crippen LogP contribution in [-0.2, 0) is 4.79 Å². The maximum Gasteiger partial charge on any atom is 0.249 e. The number of benzene rings is 1. The summed E-state index contributed by atoms with van der Waals surface area (Å²) in [5.74, 6) is 1.68. The van der Waals surface area contributed by atoms with Crippen LogP contribution in [-0.4, -0.2) is 27.5 Å². The first kappa shape index (κ1) is 15.7. The lowest BCUT2D eigenvalue weighted by molar-refractivity contribution is -0.133. The van der Waals surface area contributed by atoms with E-state index in [1.807, 2.05) is 36.1 Å². The number of carbonyl (C=O) groups excluding carboxylic acids is 1. The number of hydrogen-bond acceptors (Lipinski definition) is 4. The highest BCUT2D eigenvalue weighted by Gasteiger charge is 2.34. The van der Waals surface area contributed by atoms with Gasteiger partial charge >= 0.3 is 0 Å². The maximum absolute atomic E-state index is 12.4. The number of rotatable bonds is 4. The van der Waals surface area contributed by atoms with Crippen LogP contribution in [0.3, 0.4) is 0 Å². The number of amides is 1. The van der Waals surface area contributed by atoms with Crippen molar-refractivity contribution in [2.45, 2.75) is 46.1 Å². The molecule has 5 nitrogen and oxygen atoms in total. The van der Waals surface area contributed by atoms with E-state index in [0.29, 0.717) is 24.1 Å². The molecule has 1 aromatic heterocycles. The standard InChI is InChI=1S/C18H23N3O2/c1-12(2)10-16(22)21-9-5-8-15(21)18-19-17(20-23-18)14-7-4-6-13(3)11-14/h4,6-7,11-12,15H,5,8-10H2,1-3H3. The van der Waals surface area contributed by atoms with Gasteiger partial charge in [0.05, 0.1) is 0 Å². The second-order valence-corrected chi connectivity index (χ2v) is 6.67. The molecular formula is C18H23N3O2. The fraction of sp³-hybridized carbons (Fsp3) is 0.500. The van der Waals surface area contributed by atoms with Crippen LogP contribution in [0.25, 0.3) is 11.4 Å². The molecule has 1 saturated heterocycles. The van der Waals surface area contributed by atoms with Crippen molar-refractivity contribution in [3.05, 3.63) is 35.7 Å². The van der Waals surface area contributed by atoms with Gasteiger partial charge in [0.2, 0.25) is 17.6 Å². The Morgan fingerprint density at radius 1 is 1.43 bits per heavy atom. The number of aromatic nitrogens is 2. The van der Waals surface area contributed by atoms with E-state index in [1.54, 1.807) is 0 Å². The zero-order valence-electron chi connectivity index (χ0n) is 14.0. The van der Waals surface area contributed by atoms with Gasteiger partial charge in [-0.25, -0.2) is 0 Å². The molecule has 0 saturated carbocycles. The Kier molecular flexibility index (Phi) is 4.46. The summed E-state index contributed by atoms with van der Waals surface area (Å²) in [6, 6.07) is 7.94. The third-order valence-electron chi connectivity index (χ3n) is 4.16. The molecule has 5 heteroatoms. The summed E-state index contributed by atoms with van der Waals surface area (Å²) in [4.78, 5) is 18.8. The summed E-state index contributed by atoms with van der Waals surface area (Å²) in [6.07, 6.45) is 2.44. The van der Waals surface area contributed by atoms with Crippen molar-refractivity contribution in [2.24, 2.45) is 5.92 Å². The van der Waals surface area contributed by atoms with Crippen LogP contribution in [0, 0.1) is 12.8 Å². The zero-order valence-corrected chi connectivity index (χ0v) is 14.0. The Balaban J connectivity index is 1.80. The van der Waals surface area contributed by atoms with Crippen LogP contribution >= 0.6 is 0 Å². The minimum Gasteiger partial charge on any atom is -0.337 e. The van der Waals surface area contributed by atoms with Gasteiger partial charge in [0.15, 0.2) is 0 Å². The van der Waals surface area contributed by atoms with E-state index in [2.05, 4.69) is 24.0 Å². The predicted octanol–water partition coefficient (Wildman–Crippen LogP) is 3.75. The average Bonchev–Trinajstić information content (AvgIpc) is 3.15. The SMILES string of the molecule is Cc1cccc(-c2noc(C3CCCN3C(=O)CC(C)C)n2)c1. The van der Waals surface area contributed by atoms with Crippen molar-refractivity contribution < 1.29 is 9.32 Å². The largest absolute Gasteiger partial charge is 0.337 e. The third-order valence-corrected chi connectivity index (χ3v) is 4.16. The Hall–Kier alpha value is -2.17. The number of nitrogens with zero attached hydrogens (tertiary/aromatic N) is 3. The molecule has 3 rings (SSSR count). The molecule has 122 valence electrons. The van der Waals surface area contributed by atoms with E-state index in [4.69, 9.17) is 4.52 Å². The second-order valence-electron chi connectivity index (χ2n) is 6.67. The molecule has 1 amide bonds. The molecule has 1 aromatic carbocycles. The van der Waals surface area contributed by atoms with E-state index in [-0.39, 0.29) is 11.9 Å². The predicted molar refractivity (Wildman–Crippen MR) is 87.6 cm³/mol. The first-order chi connectivity index (χ1) is 11.0. The lowest BCUT2D eigenvalue weighted by Crippen LogP contribution is -2.31. The van der Waals surface area contributed by atoms with Crippen LogP contribution in [0.15, 0.2) is 28.8 Å². The monoisotopic (exact) mass is 313 g/mol. The zero-order chi connectivity index (χ0) is 16.4. The lowest BCUT2D eigenvalue weighted by atomic mass is 10.1. The van der Waals surface area contributed by atoms with Gasteiger partial charge in [-0.05, 0) is 31.7 Å². The molecule has 0 spiro atoms. The number of aryl methyl sites for hydroxylation is 1. The van der Waals surface area contributed by atoms with E-state index in [1.165, 1.54) is 0 Å². The minimum atomic E-state index is -0.0766. The normalized spacial score (nSPS) is 17.9. The van der Waals surface area contributed by atoms with E-state index in [9.17, 15) is 4.79 Å². The van der Waals surface area contributed by atoms with E-state index in [0.717, 1.165) is 30.5 Å². The van der Waals surface area contributed by atoms with Gasteiger partial charge in [-0.2, -0.15) is 4.98 Å². The number of likely N-dealkylation sites (tertiary alicyclic amines) is 1. The third kappa shape index (κ3) is 3.44. The van der Waals surface area contributed by atoms with Crippen molar-refractivity contribution >= 4 is 5.91 Å². The summed E-state index contributed by atoms with van der Waals surface area (Å²) in [5, 5.41) is 4.10. The van der Waals surface area contributed by atoms with Gasteiger partial charge < -0.3 is 9.42 Å². The van der Waals surface area contributed by atoms with Gasteiger partial charge in [-0.15, -0.1) is 0 Å². The highest BCUT2D eigenvalue weighted by atomic mass is 16.5. The highest BCUT2D eigenvalue weighted by Crippen LogP contribution is 2.33. The summed E-state index contributed by atoms with van der Waals surface area (Å²) >= 11 is 0. The smallest absolute Gasteiger partial charge is 0.249 e. The maximum atomic E-state index is 12.4. The van der Waals surface area contributed by atoms with Crippen LogP contribution < -0.4 is 0 Å². The fourth-order valence-electron chi connectivity index (χ4n) is 3.06. The second kappa shape index (κ2) is 6.52. The van der Waals surface area contributed by atoms with Gasteiger partial charge in [0.1, 0.15) is 6.04 Å². The Labute approximate surface area is 136 Å². The van der Waals surface area contributed by atoms with Crippen LogP contribution in [0.4, 0.5) is 0 Å². The molecule has 1 aliphatic heterocycles. The minimum absolute atomic E-state index is 0.0766. The molecule has 1 unspecified atom stereocenters. The first-order valence-corrected chi connectivity index (χ1v) is 8.24. The quantitative estimate of drug-likeness (QED) is 0.862. The lowest BCUT2D eigenvalue weighted by Gasteiger charge is -2.22. The van der Waals surface area contributed by atoms with Gasteiger partial charge in [0, 0.05) is 18.5 Å². The first-order valence-electron chi connectivity index (χ1n) is 8.24. The molecule has 1 fully saturated rings. The van der Waals surface area contributed by atoms with Gasteiger partial charge in [-0.3, -0.25) is 4.79 Å². The average molecular weight is 313 g/mol. The van der Waals surface area contributed by atoms with Crippen molar-refractivity contribution in [2.75, 3.05) is 6.54 Å². The summed E-state index contributed by atoms with van der Waals surface area (Å²) in [6.45, 7) is 6.93. The molecular weight excluding hydrogens is 290 g/mol. The highest BCUT2D eigenvalue weighted by molar-refractivity contribution is 5.77. The molecule has 1 atom stereocenters. The molecule has 0 aliphatic carbocycles. The van der Waals surface area contributed by atoms with Crippen molar-refractivity contribution in [1.29, 1.82) is 0 Å². The van der Waals surface area contributed by atoms with Gasteiger partial charge in [-0.1, -0.05) is 42.8 Å². The Morgan fingerprint density at radius 2 is 2.26 bits per heavy atom. The molecule has 0 radical (unpaired) electrons. The van der Waals surface area contributed by atoms with Crippen molar-refractivity contribution in [3.63, 3.8) is 0 Å². The van der Waals surface area contributed by atoms with Crippen molar-refractivity contribution in [1.82, 2.24) is 15.0 Å². The Morgan fingerprint density at radius 3 is 3.00 bits per heavy atom. The molecule has 2 aromatic rings. The van der Waals surface area contributed by atoms with E-state index < -0.39 is 0 Å².